The Kier molecular flexibility index (Phi) is 3.70. The standard InChI is InChI=1S/C9H15N3/c1-2-5-9(12-10)8-6-3-4-7-11-8/h3-4,6-7,9,12H,2,5,10H2,1H3. The number of pyridine rings is 1. The first kappa shape index (κ1) is 9.16. The van der Waals surface area contributed by atoms with Crippen molar-refractivity contribution in [3.8, 4) is 0 Å². The molecule has 0 aromatic carbocycles. The highest BCUT2D eigenvalue weighted by Gasteiger charge is 2.07. The van der Waals surface area contributed by atoms with Crippen molar-refractivity contribution in [3.63, 3.8) is 0 Å². The normalized spacial score (nSPS) is 12.8. The second-order valence-electron chi connectivity index (χ2n) is 2.76. The average molecular weight is 165 g/mol. The number of nitrogens with two attached hydrogens (primary N) is 1. The molecule has 0 spiro atoms. The number of rotatable bonds is 4. The number of nitrogens with one attached hydrogen (secondary N) is 1. The summed E-state index contributed by atoms with van der Waals surface area (Å²) in [5, 5.41) is 0. The highest BCUT2D eigenvalue weighted by molar-refractivity contribution is 5.07. The summed E-state index contributed by atoms with van der Waals surface area (Å²) in [4.78, 5) is 4.23. The van der Waals surface area contributed by atoms with Gasteiger partial charge in [-0.1, -0.05) is 19.4 Å². The third-order valence-electron chi connectivity index (χ3n) is 1.82. The predicted octanol–water partition coefficient (Wildman–Crippen LogP) is 1.39. The molecule has 0 saturated carbocycles. The van der Waals surface area contributed by atoms with E-state index in [1.54, 1.807) is 6.20 Å². The zero-order chi connectivity index (χ0) is 8.81. The van der Waals surface area contributed by atoms with E-state index in [-0.39, 0.29) is 6.04 Å². The van der Waals surface area contributed by atoms with E-state index in [9.17, 15) is 0 Å². The maximum atomic E-state index is 5.40. The maximum Gasteiger partial charge on any atom is 0.0632 e. The van der Waals surface area contributed by atoms with Crippen molar-refractivity contribution in [1.82, 2.24) is 10.4 Å². The minimum atomic E-state index is 0.191. The van der Waals surface area contributed by atoms with Crippen molar-refractivity contribution in [1.29, 1.82) is 0 Å². The fraction of sp³-hybridized carbons (Fsp3) is 0.444. The van der Waals surface area contributed by atoms with Gasteiger partial charge in [0.15, 0.2) is 0 Å². The van der Waals surface area contributed by atoms with Crippen molar-refractivity contribution in [2.75, 3.05) is 0 Å². The van der Waals surface area contributed by atoms with E-state index in [0.29, 0.717) is 0 Å². The summed E-state index contributed by atoms with van der Waals surface area (Å²) in [5.41, 5.74) is 3.77. The van der Waals surface area contributed by atoms with Gasteiger partial charge in [-0.2, -0.15) is 0 Å². The second kappa shape index (κ2) is 4.85. The minimum absolute atomic E-state index is 0.191. The van der Waals surface area contributed by atoms with Gasteiger partial charge in [0.25, 0.3) is 0 Å². The minimum Gasteiger partial charge on any atom is -0.271 e. The fourth-order valence-corrected chi connectivity index (χ4v) is 1.19. The molecule has 1 aromatic heterocycles. The summed E-state index contributed by atoms with van der Waals surface area (Å²) in [6, 6.07) is 6.06. The lowest BCUT2D eigenvalue weighted by atomic mass is 10.1. The molecule has 3 N–H and O–H groups in total. The molecule has 3 heteroatoms. The summed E-state index contributed by atoms with van der Waals surface area (Å²) in [6.45, 7) is 2.13. The van der Waals surface area contributed by atoms with Crippen LogP contribution in [0.2, 0.25) is 0 Å². The fourth-order valence-electron chi connectivity index (χ4n) is 1.19. The maximum absolute atomic E-state index is 5.40. The van der Waals surface area contributed by atoms with Gasteiger partial charge in [-0.3, -0.25) is 16.3 Å². The molecule has 0 amide bonds. The van der Waals surface area contributed by atoms with Gasteiger partial charge in [-0.15, -0.1) is 0 Å². The Labute approximate surface area is 73.0 Å². The molecule has 12 heavy (non-hydrogen) atoms. The van der Waals surface area contributed by atoms with Crippen molar-refractivity contribution in [3.05, 3.63) is 30.1 Å². The van der Waals surface area contributed by atoms with Gasteiger partial charge in [0, 0.05) is 6.20 Å². The Morgan fingerprint density at radius 2 is 2.42 bits per heavy atom. The Bertz CT molecular complexity index is 210. The quantitative estimate of drug-likeness (QED) is 0.523. The molecule has 1 rings (SSSR count). The number of aromatic nitrogens is 1. The Morgan fingerprint density at radius 3 is 2.92 bits per heavy atom. The van der Waals surface area contributed by atoms with Gasteiger partial charge < -0.3 is 0 Å². The van der Waals surface area contributed by atoms with Crippen LogP contribution >= 0.6 is 0 Å². The SMILES string of the molecule is CCCC(NN)c1ccccn1. The Hall–Kier alpha value is -0.930. The third kappa shape index (κ3) is 2.29. The lowest BCUT2D eigenvalue weighted by molar-refractivity contribution is 0.498. The van der Waals surface area contributed by atoms with Crippen LogP contribution in [0.1, 0.15) is 31.5 Å². The average Bonchev–Trinajstić information content (AvgIpc) is 2.15. The molecule has 0 radical (unpaired) electrons. The zero-order valence-electron chi connectivity index (χ0n) is 7.33. The second-order valence-corrected chi connectivity index (χ2v) is 2.76. The molecule has 1 unspecified atom stereocenters. The van der Waals surface area contributed by atoms with E-state index in [4.69, 9.17) is 5.84 Å². The van der Waals surface area contributed by atoms with E-state index in [1.165, 1.54) is 0 Å². The van der Waals surface area contributed by atoms with E-state index >= 15 is 0 Å². The van der Waals surface area contributed by atoms with E-state index < -0.39 is 0 Å². The van der Waals surface area contributed by atoms with Gasteiger partial charge >= 0.3 is 0 Å². The van der Waals surface area contributed by atoms with Crippen LogP contribution in [-0.4, -0.2) is 4.98 Å². The molecule has 0 aliphatic rings. The van der Waals surface area contributed by atoms with Gasteiger partial charge in [0.2, 0.25) is 0 Å². The van der Waals surface area contributed by atoms with Crippen LogP contribution in [0.4, 0.5) is 0 Å². The van der Waals surface area contributed by atoms with Crippen LogP contribution in [0.15, 0.2) is 24.4 Å². The smallest absolute Gasteiger partial charge is 0.0632 e. The van der Waals surface area contributed by atoms with E-state index in [0.717, 1.165) is 18.5 Å². The first-order valence-corrected chi connectivity index (χ1v) is 4.25. The van der Waals surface area contributed by atoms with Crippen molar-refractivity contribution < 1.29 is 0 Å². The molecule has 3 nitrogen and oxygen atoms in total. The summed E-state index contributed by atoms with van der Waals surface area (Å²) >= 11 is 0. The van der Waals surface area contributed by atoms with Crippen molar-refractivity contribution in [2.45, 2.75) is 25.8 Å². The molecule has 1 heterocycles. The first-order valence-electron chi connectivity index (χ1n) is 4.25. The number of nitrogens with zero attached hydrogens (tertiary/aromatic N) is 1. The Morgan fingerprint density at radius 1 is 1.58 bits per heavy atom. The summed E-state index contributed by atoms with van der Waals surface area (Å²) in [5.74, 6) is 5.40. The summed E-state index contributed by atoms with van der Waals surface area (Å²) in [7, 11) is 0. The molecule has 0 bridgehead atoms. The van der Waals surface area contributed by atoms with Gasteiger partial charge in [-0.25, -0.2) is 0 Å². The molecular weight excluding hydrogens is 150 g/mol. The van der Waals surface area contributed by atoms with Crippen LogP contribution in [-0.2, 0) is 0 Å². The lowest BCUT2D eigenvalue weighted by Crippen LogP contribution is -2.28. The Balaban J connectivity index is 2.66. The van der Waals surface area contributed by atoms with Crippen LogP contribution in [0.25, 0.3) is 0 Å². The third-order valence-corrected chi connectivity index (χ3v) is 1.82. The lowest BCUT2D eigenvalue weighted by Gasteiger charge is -2.13. The van der Waals surface area contributed by atoms with Crippen molar-refractivity contribution >= 4 is 0 Å². The van der Waals surface area contributed by atoms with E-state index in [2.05, 4.69) is 17.3 Å². The first-order chi connectivity index (χ1) is 5.88. The van der Waals surface area contributed by atoms with Crippen LogP contribution < -0.4 is 11.3 Å². The predicted molar refractivity (Wildman–Crippen MR) is 49.2 cm³/mol. The summed E-state index contributed by atoms with van der Waals surface area (Å²) < 4.78 is 0. The summed E-state index contributed by atoms with van der Waals surface area (Å²) in [6.07, 6.45) is 3.91. The zero-order valence-corrected chi connectivity index (χ0v) is 7.33. The molecule has 0 aliphatic carbocycles. The molecule has 0 saturated heterocycles. The molecule has 1 aromatic rings. The molecule has 66 valence electrons. The van der Waals surface area contributed by atoms with E-state index in [1.807, 2.05) is 18.2 Å². The van der Waals surface area contributed by atoms with Crippen LogP contribution in [0, 0.1) is 0 Å². The van der Waals surface area contributed by atoms with Crippen LogP contribution in [0.5, 0.6) is 0 Å². The molecular formula is C9H15N3. The van der Waals surface area contributed by atoms with Gasteiger partial charge in [-0.05, 0) is 18.6 Å². The molecule has 0 aliphatic heterocycles. The van der Waals surface area contributed by atoms with Gasteiger partial charge in [0.1, 0.15) is 0 Å². The molecule has 1 atom stereocenters. The number of hydrogen-bond acceptors (Lipinski definition) is 3. The monoisotopic (exact) mass is 165 g/mol. The molecule has 0 fully saturated rings. The highest BCUT2D eigenvalue weighted by Crippen LogP contribution is 2.13. The highest BCUT2D eigenvalue weighted by atomic mass is 15.2. The van der Waals surface area contributed by atoms with Crippen molar-refractivity contribution in [2.24, 2.45) is 5.84 Å². The van der Waals surface area contributed by atoms with Crippen LogP contribution in [0.3, 0.4) is 0 Å². The van der Waals surface area contributed by atoms with Gasteiger partial charge in [0.05, 0.1) is 11.7 Å². The largest absolute Gasteiger partial charge is 0.271 e. The number of hydrazine groups is 1. The number of hydrogen-bond donors (Lipinski definition) is 2. The topological polar surface area (TPSA) is 50.9 Å².